The lowest BCUT2D eigenvalue weighted by molar-refractivity contribution is 0.152. The van der Waals surface area contributed by atoms with E-state index in [4.69, 9.17) is 0 Å². The van der Waals surface area contributed by atoms with Gasteiger partial charge in [-0.3, -0.25) is 0 Å². The number of aliphatic hydroxyl groups excluding tert-OH is 1. The number of thiophene rings is 1. The van der Waals surface area contributed by atoms with E-state index < -0.39 is 0 Å². The van der Waals surface area contributed by atoms with Gasteiger partial charge in [0.1, 0.15) is 0 Å². The van der Waals surface area contributed by atoms with E-state index in [2.05, 4.69) is 27.7 Å². The molecular weight excluding hydrogens is 220 g/mol. The zero-order chi connectivity index (χ0) is 11.2. The molecule has 0 bridgehead atoms. The fraction of sp³-hybridized carbons (Fsp3) is 0.667. The highest BCUT2D eigenvalue weighted by Gasteiger charge is 2.16. The minimum Gasteiger partial charge on any atom is -0.396 e. The van der Waals surface area contributed by atoms with Crippen LogP contribution in [0.3, 0.4) is 0 Å². The van der Waals surface area contributed by atoms with Crippen molar-refractivity contribution in [2.24, 2.45) is 5.92 Å². The van der Waals surface area contributed by atoms with E-state index in [1.165, 1.54) is 4.88 Å². The Bertz CT molecular complexity index is 283. The molecule has 1 aliphatic rings. The van der Waals surface area contributed by atoms with Gasteiger partial charge in [-0.1, -0.05) is 6.07 Å². The Kier molecular flexibility index (Phi) is 4.78. The van der Waals surface area contributed by atoms with E-state index >= 15 is 0 Å². The smallest absolute Gasteiger partial charge is 0.0474 e. The van der Waals surface area contributed by atoms with Crippen molar-refractivity contribution in [2.75, 3.05) is 39.3 Å². The molecule has 1 unspecified atom stereocenters. The Morgan fingerprint density at radius 3 is 2.88 bits per heavy atom. The summed E-state index contributed by atoms with van der Waals surface area (Å²) < 4.78 is 0. The maximum Gasteiger partial charge on any atom is 0.0474 e. The van der Waals surface area contributed by atoms with E-state index in [9.17, 15) is 5.11 Å². The summed E-state index contributed by atoms with van der Waals surface area (Å²) in [6, 6.07) is 4.24. The van der Waals surface area contributed by atoms with Crippen molar-refractivity contribution in [3.63, 3.8) is 0 Å². The zero-order valence-electron chi connectivity index (χ0n) is 9.56. The number of rotatable bonds is 5. The predicted octanol–water partition coefficient (Wildman–Crippen LogP) is 0.804. The van der Waals surface area contributed by atoms with Gasteiger partial charge in [0.25, 0.3) is 0 Å². The number of hydrogen-bond acceptors (Lipinski definition) is 4. The molecule has 2 N–H and O–H groups in total. The Morgan fingerprint density at radius 2 is 2.25 bits per heavy atom. The second-order valence-corrected chi connectivity index (χ2v) is 5.41. The van der Waals surface area contributed by atoms with Crippen LogP contribution in [-0.2, 0) is 6.42 Å². The summed E-state index contributed by atoms with van der Waals surface area (Å²) in [4.78, 5) is 3.83. The van der Waals surface area contributed by atoms with Crippen molar-refractivity contribution in [3.8, 4) is 0 Å². The van der Waals surface area contributed by atoms with E-state index in [-0.39, 0.29) is 0 Å². The normalized spacial score (nSPS) is 19.8. The quantitative estimate of drug-likeness (QED) is 0.799. The molecule has 16 heavy (non-hydrogen) atoms. The van der Waals surface area contributed by atoms with Crippen molar-refractivity contribution in [1.82, 2.24) is 10.2 Å². The third-order valence-electron chi connectivity index (χ3n) is 3.05. The van der Waals surface area contributed by atoms with Gasteiger partial charge in [-0.15, -0.1) is 11.3 Å². The monoisotopic (exact) mass is 240 g/mol. The van der Waals surface area contributed by atoms with Gasteiger partial charge >= 0.3 is 0 Å². The van der Waals surface area contributed by atoms with Crippen molar-refractivity contribution >= 4 is 11.3 Å². The number of piperazine rings is 1. The van der Waals surface area contributed by atoms with E-state index in [0.717, 1.165) is 39.1 Å². The lowest BCUT2D eigenvalue weighted by Crippen LogP contribution is -2.45. The molecule has 1 aromatic rings. The molecule has 0 spiro atoms. The maximum atomic E-state index is 9.42. The molecule has 1 saturated heterocycles. The van der Waals surface area contributed by atoms with E-state index in [1.54, 1.807) is 11.3 Å². The highest BCUT2D eigenvalue weighted by atomic mass is 32.1. The second-order valence-electron chi connectivity index (χ2n) is 4.38. The topological polar surface area (TPSA) is 35.5 Å². The van der Waals surface area contributed by atoms with E-state index in [0.29, 0.717) is 12.5 Å². The first-order chi connectivity index (χ1) is 7.88. The van der Waals surface area contributed by atoms with Gasteiger partial charge in [-0.05, 0) is 23.8 Å². The molecule has 0 radical (unpaired) electrons. The molecule has 0 amide bonds. The Labute approximate surface area is 101 Å². The lowest BCUT2D eigenvalue weighted by Gasteiger charge is -2.30. The van der Waals surface area contributed by atoms with Gasteiger partial charge in [-0.2, -0.15) is 0 Å². The first kappa shape index (κ1) is 12.0. The summed E-state index contributed by atoms with van der Waals surface area (Å²) >= 11 is 1.79. The number of nitrogens with one attached hydrogen (secondary N) is 1. The average molecular weight is 240 g/mol. The van der Waals surface area contributed by atoms with Gasteiger partial charge in [0.2, 0.25) is 0 Å². The Balaban J connectivity index is 1.80. The van der Waals surface area contributed by atoms with Crippen LogP contribution < -0.4 is 5.32 Å². The lowest BCUT2D eigenvalue weighted by atomic mass is 10.0. The molecule has 1 fully saturated rings. The van der Waals surface area contributed by atoms with Crippen LogP contribution in [0.1, 0.15) is 4.88 Å². The summed E-state index contributed by atoms with van der Waals surface area (Å²) in [7, 11) is 0. The largest absolute Gasteiger partial charge is 0.396 e. The molecule has 0 aliphatic carbocycles. The van der Waals surface area contributed by atoms with Gasteiger partial charge in [-0.25, -0.2) is 0 Å². The van der Waals surface area contributed by atoms with Crippen molar-refractivity contribution in [3.05, 3.63) is 22.4 Å². The standard InChI is InChI=1S/C12H20N2OS/c15-10-11(8-12-2-1-7-16-12)9-14-5-3-13-4-6-14/h1-2,7,11,13,15H,3-6,8-10H2. The minimum atomic E-state index is 0.293. The molecule has 4 heteroatoms. The molecule has 2 rings (SSSR count). The molecule has 0 aromatic carbocycles. The van der Waals surface area contributed by atoms with Crippen LogP contribution in [0.4, 0.5) is 0 Å². The van der Waals surface area contributed by atoms with Crippen LogP contribution in [0.25, 0.3) is 0 Å². The fourth-order valence-corrected chi connectivity index (χ4v) is 2.98. The van der Waals surface area contributed by atoms with Crippen LogP contribution in [0.5, 0.6) is 0 Å². The molecule has 1 aliphatic heterocycles. The van der Waals surface area contributed by atoms with Crippen molar-refractivity contribution < 1.29 is 5.11 Å². The van der Waals surface area contributed by atoms with Gasteiger partial charge in [0.05, 0.1) is 0 Å². The Hall–Kier alpha value is -0.420. The predicted molar refractivity (Wildman–Crippen MR) is 67.9 cm³/mol. The maximum absolute atomic E-state index is 9.42. The molecular formula is C12H20N2OS. The SMILES string of the molecule is OCC(Cc1cccs1)CN1CCNCC1. The van der Waals surface area contributed by atoms with Crippen LogP contribution in [0.2, 0.25) is 0 Å². The molecule has 3 nitrogen and oxygen atoms in total. The summed E-state index contributed by atoms with van der Waals surface area (Å²) in [5.74, 6) is 0.386. The van der Waals surface area contributed by atoms with E-state index in [1.807, 2.05) is 0 Å². The molecule has 1 atom stereocenters. The number of hydrogen-bond donors (Lipinski definition) is 2. The summed E-state index contributed by atoms with van der Waals surface area (Å²) in [6.07, 6.45) is 1.01. The summed E-state index contributed by atoms with van der Waals surface area (Å²) in [5, 5.41) is 14.9. The van der Waals surface area contributed by atoms with Gasteiger partial charge in [0, 0.05) is 44.2 Å². The highest BCUT2D eigenvalue weighted by molar-refractivity contribution is 7.09. The van der Waals surface area contributed by atoms with Gasteiger partial charge in [0.15, 0.2) is 0 Å². The average Bonchev–Trinajstić information content (AvgIpc) is 2.82. The van der Waals surface area contributed by atoms with Crippen LogP contribution in [0.15, 0.2) is 17.5 Å². The molecule has 2 heterocycles. The summed E-state index contributed by atoms with van der Waals surface area (Å²) in [6.45, 7) is 5.70. The second kappa shape index (κ2) is 6.35. The third-order valence-corrected chi connectivity index (χ3v) is 3.95. The summed E-state index contributed by atoms with van der Waals surface area (Å²) in [5.41, 5.74) is 0. The number of nitrogens with zero attached hydrogens (tertiary/aromatic N) is 1. The first-order valence-electron chi connectivity index (χ1n) is 5.95. The molecule has 1 aromatic heterocycles. The zero-order valence-corrected chi connectivity index (χ0v) is 10.4. The molecule has 90 valence electrons. The minimum absolute atomic E-state index is 0.293. The molecule has 0 saturated carbocycles. The van der Waals surface area contributed by atoms with Crippen molar-refractivity contribution in [1.29, 1.82) is 0 Å². The third kappa shape index (κ3) is 3.56. The highest BCUT2D eigenvalue weighted by Crippen LogP contribution is 2.15. The van der Waals surface area contributed by atoms with Crippen LogP contribution in [0, 0.1) is 5.92 Å². The van der Waals surface area contributed by atoms with Gasteiger partial charge < -0.3 is 15.3 Å². The number of aliphatic hydroxyl groups is 1. The van der Waals surface area contributed by atoms with Crippen LogP contribution >= 0.6 is 11.3 Å². The fourth-order valence-electron chi connectivity index (χ4n) is 2.16. The van der Waals surface area contributed by atoms with Crippen LogP contribution in [-0.4, -0.2) is 49.3 Å². The first-order valence-corrected chi connectivity index (χ1v) is 6.83. The Morgan fingerprint density at radius 1 is 1.44 bits per heavy atom. The van der Waals surface area contributed by atoms with Crippen molar-refractivity contribution in [2.45, 2.75) is 6.42 Å².